The van der Waals surface area contributed by atoms with E-state index in [1.165, 1.54) is 11.3 Å². The Bertz CT molecular complexity index is 676. The lowest BCUT2D eigenvalue weighted by Crippen LogP contribution is -1.98. The first-order valence-corrected chi connectivity index (χ1v) is 6.74. The van der Waals surface area contributed by atoms with Crippen molar-refractivity contribution in [3.63, 3.8) is 0 Å². The molecule has 1 N–H and O–H groups in total. The zero-order chi connectivity index (χ0) is 13.2. The van der Waals surface area contributed by atoms with Crippen molar-refractivity contribution in [2.45, 2.75) is 13.0 Å². The standard InChI is InChI=1S/C14H12N2O2S/c1-9-7-8-19-12(9)11(17)14-16-15-13(18-14)10-5-3-2-4-6-10/h2-8,11,17H,1H3/t11-/m1/s1. The number of hydrogen-bond acceptors (Lipinski definition) is 5. The van der Waals surface area contributed by atoms with Crippen LogP contribution in [0.2, 0.25) is 0 Å². The van der Waals surface area contributed by atoms with Crippen molar-refractivity contribution in [2.75, 3.05) is 0 Å². The number of aliphatic hydroxyl groups is 1. The molecule has 0 saturated carbocycles. The molecule has 1 aromatic carbocycles. The molecule has 5 heteroatoms. The average Bonchev–Trinajstić information content (AvgIpc) is 3.08. The second kappa shape index (κ2) is 4.95. The third kappa shape index (κ3) is 2.30. The van der Waals surface area contributed by atoms with Crippen LogP contribution in [0.1, 0.15) is 22.4 Å². The second-order valence-electron chi connectivity index (χ2n) is 4.18. The summed E-state index contributed by atoms with van der Waals surface area (Å²) in [5.41, 5.74) is 1.87. The molecule has 4 nitrogen and oxygen atoms in total. The van der Waals surface area contributed by atoms with Gasteiger partial charge in [-0.2, -0.15) is 0 Å². The molecule has 0 bridgehead atoms. The number of aliphatic hydroxyl groups excluding tert-OH is 1. The average molecular weight is 272 g/mol. The van der Waals surface area contributed by atoms with Gasteiger partial charge in [0.25, 0.3) is 5.89 Å². The van der Waals surface area contributed by atoms with Crippen LogP contribution in [0.5, 0.6) is 0 Å². The van der Waals surface area contributed by atoms with Gasteiger partial charge in [0.15, 0.2) is 6.10 Å². The lowest BCUT2D eigenvalue weighted by Gasteiger charge is -2.04. The highest BCUT2D eigenvalue weighted by Crippen LogP contribution is 2.29. The van der Waals surface area contributed by atoms with Crippen molar-refractivity contribution in [2.24, 2.45) is 0 Å². The fraction of sp³-hybridized carbons (Fsp3) is 0.143. The summed E-state index contributed by atoms with van der Waals surface area (Å²) in [6.07, 6.45) is -0.857. The second-order valence-corrected chi connectivity index (χ2v) is 5.13. The minimum atomic E-state index is -0.857. The van der Waals surface area contributed by atoms with E-state index in [1.54, 1.807) is 0 Å². The molecule has 0 fully saturated rings. The number of nitrogens with zero attached hydrogens (tertiary/aromatic N) is 2. The van der Waals surface area contributed by atoms with Gasteiger partial charge in [0.05, 0.1) is 0 Å². The van der Waals surface area contributed by atoms with Crippen molar-refractivity contribution in [3.8, 4) is 11.5 Å². The van der Waals surface area contributed by atoms with E-state index in [4.69, 9.17) is 4.42 Å². The van der Waals surface area contributed by atoms with Gasteiger partial charge in [-0.3, -0.25) is 0 Å². The van der Waals surface area contributed by atoms with Crippen LogP contribution in [-0.4, -0.2) is 15.3 Å². The Morgan fingerprint density at radius 1 is 1.16 bits per heavy atom. The van der Waals surface area contributed by atoms with E-state index >= 15 is 0 Å². The van der Waals surface area contributed by atoms with Gasteiger partial charge in [-0.1, -0.05) is 18.2 Å². The molecule has 1 atom stereocenters. The smallest absolute Gasteiger partial charge is 0.250 e. The molecule has 2 heterocycles. The van der Waals surface area contributed by atoms with Crippen LogP contribution >= 0.6 is 11.3 Å². The Balaban J connectivity index is 1.92. The highest BCUT2D eigenvalue weighted by Gasteiger charge is 2.21. The summed E-state index contributed by atoms with van der Waals surface area (Å²) in [4.78, 5) is 0.836. The maximum absolute atomic E-state index is 10.2. The normalized spacial score (nSPS) is 12.5. The number of aromatic nitrogens is 2. The number of benzene rings is 1. The van der Waals surface area contributed by atoms with Crippen LogP contribution in [0.25, 0.3) is 11.5 Å². The van der Waals surface area contributed by atoms with E-state index in [0.29, 0.717) is 5.89 Å². The molecule has 96 valence electrons. The van der Waals surface area contributed by atoms with E-state index in [-0.39, 0.29) is 5.89 Å². The van der Waals surface area contributed by atoms with Crippen molar-refractivity contribution < 1.29 is 9.52 Å². The van der Waals surface area contributed by atoms with Crippen LogP contribution in [0.4, 0.5) is 0 Å². The monoisotopic (exact) mass is 272 g/mol. The Labute approximate surface area is 114 Å². The topological polar surface area (TPSA) is 59.2 Å². The van der Waals surface area contributed by atoms with Gasteiger partial charge in [0.1, 0.15) is 0 Å². The number of aryl methyl sites for hydroxylation is 1. The Kier molecular flexibility index (Phi) is 3.15. The van der Waals surface area contributed by atoms with Crippen molar-refractivity contribution in [1.82, 2.24) is 10.2 Å². The predicted molar refractivity (Wildman–Crippen MR) is 72.9 cm³/mol. The van der Waals surface area contributed by atoms with E-state index in [0.717, 1.165) is 16.0 Å². The van der Waals surface area contributed by atoms with Crippen molar-refractivity contribution >= 4 is 11.3 Å². The fourth-order valence-corrected chi connectivity index (χ4v) is 2.72. The Morgan fingerprint density at radius 3 is 2.63 bits per heavy atom. The minimum Gasteiger partial charge on any atom is -0.417 e. The first-order valence-electron chi connectivity index (χ1n) is 5.86. The lowest BCUT2D eigenvalue weighted by atomic mass is 10.2. The van der Waals surface area contributed by atoms with Crippen LogP contribution < -0.4 is 0 Å². The summed E-state index contributed by atoms with van der Waals surface area (Å²) < 4.78 is 5.54. The largest absolute Gasteiger partial charge is 0.417 e. The first-order chi connectivity index (χ1) is 9.25. The van der Waals surface area contributed by atoms with E-state index < -0.39 is 6.10 Å². The van der Waals surface area contributed by atoms with Crippen LogP contribution in [0.3, 0.4) is 0 Å². The molecule has 0 aliphatic heterocycles. The number of thiophene rings is 1. The maximum Gasteiger partial charge on any atom is 0.250 e. The molecule has 0 spiro atoms. The molecule has 3 rings (SSSR count). The maximum atomic E-state index is 10.2. The molecular weight excluding hydrogens is 260 g/mol. The number of rotatable bonds is 3. The Morgan fingerprint density at radius 2 is 1.95 bits per heavy atom. The SMILES string of the molecule is Cc1ccsc1[C@@H](O)c1nnc(-c2ccccc2)o1. The highest BCUT2D eigenvalue weighted by molar-refractivity contribution is 7.10. The predicted octanol–water partition coefficient (Wildman–Crippen LogP) is 3.19. The van der Waals surface area contributed by atoms with Gasteiger partial charge >= 0.3 is 0 Å². The quantitative estimate of drug-likeness (QED) is 0.795. The van der Waals surface area contributed by atoms with Gasteiger partial charge in [-0.25, -0.2) is 0 Å². The third-order valence-electron chi connectivity index (χ3n) is 2.85. The van der Waals surface area contributed by atoms with Gasteiger partial charge in [0, 0.05) is 10.4 Å². The zero-order valence-electron chi connectivity index (χ0n) is 10.3. The van der Waals surface area contributed by atoms with Crippen LogP contribution in [0, 0.1) is 6.92 Å². The lowest BCUT2D eigenvalue weighted by molar-refractivity contribution is 0.186. The molecular formula is C14H12N2O2S. The van der Waals surface area contributed by atoms with Gasteiger partial charge in [-0.05, 0) is 36.1 Å². The summed E-state index contributed by atoms with van der Waals surface area (Å²) in [5.74, 6) is 0.647. The summed E-state index contributed by atoms with van der Waals surface area (Å²) in [6, 6.07) is 11.5. The molecule has 0 unspecified atom stereocenters. The summed E-state index contributed by atoms with van der Waals surface area (Å²) in [7, 11) is 0. The zero-order valence-corrected chi connectivity index (χ0v) is 11.1. The molecule has 3 aromatic rings. The summed E-state index contributed by atoms with van der Waals surface area (Å²) >= 11 is 1.48. The molecule has 0 saturated heterocycles. The van der Waals surface area contributed by atoms with Crippen molar-refractivity contribution in [3.05, 3.63) is 58.1 Å². The van der Waals surface area contributed by atoms with E-state index in [1.807, 2.05) is 48.7 Å². The van der Waals surface area contributed by atoms with Gasteiger partial charge < -0.3 is 9.52 Å². The summed E-state index contributed by atoms with van der Waals surface area (Å²) in [5, 5.41) is 20.1. The highest BCUT2D eigenvalue weighted by atomic mass is 32.1. The molecule has 0 aliphatic rings. The van der Waals surface area contributed by atoms with Gasteiger partial charge in [0.2, 0.25) is 5.89 Å². The van der Waals surface area contributed by atoms with E-state index in [2.05, 4.69) is 10.2 Å². The van der Waals surface area contributed by atoms with Crippen LogP contribution in [-0.2, 0) is 0 Å². The van der Waals surface area contributed by atoms with Crippen molar-refractivity contribution in [1.29, 1.82) is 0 Å². The molecule has 0 amide bonds. The third-order valence-corrected chi connectivity index (χ3v) is 3.92. The van der Waals surface area contributed by atoms with E-state index in [9.17, 15) is 5.11 Å². The molecule has 0 aliphatic carbocycles. The molecule has 19 heavy (non-hydrogen) atoms. The fourth-order valence-electron chi connectivity index (χ4n) is 1.82. The first kappa shape index (κ1) is 12.1. The van der Waals surface area contributed by atoms with Gasteiger partial charge in [-0.15, -0.1) is 21.5 Å². The number of hydrogen-bond donors (Lipinski definition) is 1. The molecule has 0 radical (unpaired) electrons. The van der Waals surface area contributed by atoms with Crippen LogP contribution in [0.15, 0.2) is 46.2 Å². The minimum absolute atomic E-state index is 0.226. The Hall–Kier alpha value is -1.98. The summed E-state index contributed by atoms with van der Waals surface area (Å²) in [6.45, 7) is 1.95. The molecule has 2 aromatic heterocycles.